The highest BCUT2D eigenvalue weighted by atomic mass is 33.2. The predicted octanol–water partition coefficient (Wildman–Crippen LogP) is 3.97. The van der Waals surface area contributed by atoms with Crippen LogP contribution in [0.15, 0.2) is 30.3 Å². The third-order valence-electron chi connectivity index (χ3n) is 2.76. The van der Waals surface area contributed by atoms with Crippen molar-refractivity contribution in [1.29, 1.82) is 5.26 Å². The normalized spacial score (nSPS) is 10.4. The average Bonchev–Trinajstić information content (AvgIpc) is 2.67. The van der Waals surface area contributed by atoms with E-state index in [4.69, 9.17) is 5.26 Å². The van der Waals surface area contributed by atoms with E-state index in [1.54, 1.807) is 19.7 Å². The zero-order valence-corrected chi connectivity index (χ0v) is 13.1. The highest BCUT2D eigenvalue weighted by Crippen LogP contribution is 2.26. The largest absolute Gasteiger partial charge is 0.242 e. The van der Waals surface area contributed by atoms with Crippen molar-refractivity contribution >= 4 is 40.4 Å². The van der Waals surface area contributed by atoms with Crippen LogP contribution < -0.4 is 0 Å². The first-order valence-corrected chi connectivity index (χ1v) is 9.37. The third kappa shape index (κ3) is 2.58. The molecule has 0 unspecified atom stereocenters. The second-order valence-electron chi connectivity index (χ2n) is 4.14. The maximum atomic E-state index is 9.08. The van der Waals surface area contributed by atoms with Crippen LogP contribution >= 0.6 is 30.0 Å². The molecular formula is C13H10N4S3. The smallest absolute Gasteiger partial charge is 0.206 e. The molecule has 0 spiro atoms. The standard InChI is InChI=1S/C13H10N4S3/c1-9-12-13(15-11(7-14)18-20-19-12)17(16-9)8-10-5-3-2-4-6-10/h2-6H,8H2,1H3. The molecule has 0 bridgehead atoms. The monoisotopic (exact) mass is 318 g/mol. The number of fused-ring (bicyclic) bond motifs is 1. The lowest BCUT2D eigenvalue weighted by molar-refractivity contribution is 0.696. The van der Waals surface area contributed by atoms with Gasteiger partial charge in [0, 0.05) is 0 Å². The molecule has 0 saturated heterocycles. The molecular weight excluding hydrogens is 308 g/mol. The van der Waals surface area contributed by atoms with Gasteiger partial charge in [-0.05, 0) is 32.2 Å². The van der Waals surface area contributed by atoms with E-state index in [1.165, 1.54) is 15.9 Å². The summed E-state index contributed by atoms with van der Waals surface area (Å²) in [4.78, 5) is 4.45. The lowest BCUT2D eigenvalue weighted by atomic mass is 10.2. The van der Waals surface area contributed by atoms with Crippen molar-refractivity contribution in [3.8, 4) is 6.07 Å². The molecule has 0 N–H and O–H groups in total. The minimum absolute atomic E-state index is 0.468. The average molecular weight is 318 g/mol. The first-order valence-electron chi connectivity index (χ1n) is 5.89. The number of aryl methyl sites for hydroxylation is 1. The van der Waals surface area contributed by atoms with Crippen LogP contribution in [-0.4, -0.2) is 14.8 Å². The van der Waals surface area contributed by atoms with Crippen LogP contribution in [0, 0.1) is 18.3 Å². The topological polar surface area (TPSA) is 54.5 Å². The Hall–Kier alpha value is -1.75. The van der Waals surface area contributed by atoms with E-state index >= 15 is 0 Å². The second kappa shape index (κ2) is 5.71. The number of hydrogen-bond donors (Lipinski definition) is 0. The molecule has 3 aromatic rings. The molecule has 7 heteroatoms. The first kappa shape index (κ1) is 13.2. The summed E-state index contributed by atoms with van der Waals surface area (Å²) in [5.41, 5.74) is 2.91. The molecule has 0 saturated carbocycles. The highest BCUT2D eigenvalue weighted by molar-refractivity contribution is 7.94. The van der Waals surface area contributed by atoms with Gasteiger partial charge in [0.25, 0.3) is 0 Å². The molecule has 100 valence electrons. The Morgan fingerprint density at radius 1 is 1.25 bits per heavy atom. The van der Waals surface area contributed by atoms with Crippen LogP contribution in [0.5, 0.6) is 0 Å². The van der Waals surface area contributed by atoms with Crippen molar-refractivity contribution in [1.82, 2.24) is 14.8 Å². The summed E-state index contributed by atoms with van der Waals surface area (Å²) in [5, 5.41) is 14.1. The van der Waals surface area contributed by atoms with E-state index in [0.717, 1.165) is 16.0 Å². The Kier molecular flexibility index (Phi) is 3.78. The van der Waals surface area contributed by atoms with Crippen LogP contribution in [-0.2, 0) is 6.54 Å². The van der Waals surface area contributed by atoms with Crippen molar-refractivity contribution in [2.24, 2.45) is 0 Å². The molecule has 0 aliphatic carbocycles. The molecule has 3 rings (SSSR count). The Morgan fingerprint density at radius 3 is 2.80 bits per heavy atom. The Balaban J connectivity index is 2.17. The van der Waals surface area contributed by atoms with Crippen molar-refractivity contribution < 1.29 is 0 Å². The summed E-state index contributed by atoms with van der Waals surface area (Å²) in [7, 11) is 4.57. The van der Waals surface area contributed by atoms with Gasteiger partial charge in [0.1, 0.15) is 10.8 Å². The van der Waals surface area contributed by atoms with E-state index in [2.05, 4.69) is 28.3 Å². The highest BCUT2D eigenvalue weighted by Gasteiger charge is 2.10. The summed E-state index contributed by atoms with van der Waals surface area (Å²) >= 11 is 0. The molecule has 0 aliphatic heterocycles. The van der Waals surface area contributed by atoms with Crippen molar-refractivity contribution in [2.45, 2.75) is 13.5 Å². The molecule has 4 nitrogen and oxygen atoms in total. The van der Waals surface area contributed by atoms with Gasteiger partial charge in [-0.2, -0.15) is 10.4 Å². The molecule has 0 atom stereocenters. The Morgan fingerprint density at radius 2 is 2.05 bits per heavy atom. The number of aromatic nitrogens is 3. The van der Waals surface area contributed by atoms with Crippen LogP contribution in [0.25, 0.3) is 10.3 Å². The minimum Gasteiger partial charge on any atom is -0.242 e. The SMILES string of the molecule is Cc1nn(Cc2ccccc2)c2nc(C#N)sssc12. The summed E-state index contributed by atoms with van der Waals surface area (Å²) < 4.78 is 2.92. The lowest BCUT2D eigenvalue weighted by Crippen LogP contribution is -2.02. The summed E-state index contributed by atoms with van der Waals surface area (Å²) in [5.74, 6) is 0. The quantitative estimate of drug-likeness (QED) is 0.672. The van der Waals surface area contributed by atoms with Gasteiger partial charge in [-0.3, -0.25) is 0 Å². The molecule has 2 aromatic heterocycles. The maximum absolute atomic E-state index is 9.08. The van der Waals surface area contributed by atoms with Crippen LogP contribution in [0.4, 0.5) is 0 Å². The van der Waals surface area contributed by atoms with Gasteiger partial charge in [0.2, 0.25) is 5.01 Å². The van der Waals surface area contributed by atoms with E-state index < -0.39 is 0 Å². The van der Waals surface area contributed by atoms with Gasteiger partial charge in [-0.15, -0.1) is 0 Å². The lowest BCUT2D eigenvalue weighted by Gasteiger charge is -2.01. The van der Waals surface area contributed by atoms with Crippen molar-refractivity contribution in [3.05, 3.63) is 46.6 Å². The van der Waals surface area contributed by atoms with E-state index in [1.807, 2.05) is 29.8 Å². The summed E-state index contributed by atoms with van der Waals surface area (Å²) in [6.07, 6.45) is 0. The molecule has 0 fully saturated rings. The molecule has 0 aliphatic rings. The summed E-state index contributed by atoms with van der Waals surface area (Å²) in [6.45, 7) is 2.64. The van der Waals surface area contributed by atoms with Crippen LogP contribution in [0.2, 0.25) is 0 Å². The summed E-state index contributed by atoms with van der Waals surface area (Å²) in [6, 6.07) is 12.3. The number of hydrogen-bond acceptors (Lipinski definition) is 6. The van der Waals surface area contributed by atoms with E-state index in [0.29, 0.717) is 11.6 Å². The maximum Gasteiger partial charge on any atom is 0.206 e. The van der Waals surface area contributed by atoms with Crippen molar-refractivity contribution in [3.63, 3.8) is 0 Å². The van der Waals surface area contributed by atoms with E-state index in [9.17, 15) is 0 Å². The third-order valence-corrected chi connectivity index (χ3v) is 6.48. The first-order chi connectivity index (χ1) is 9.78. The van der Waals surface area contributed by atoms with Gasteiger partial charge in [-0.25, -0.2) is 9.67 Å². The zero-order valence-electron chi connectivity index (χ0n) is 10.6. The van der Waals surface area contributed by atoms with Crippen LogP contribution in [0.3, 0.4) is 0 Å². The van der Waals surface area contributed by atoms with Gasteiger partial charge in [0.05, 0.1) is 12.2 Å². The van der Waals surface area contributed by atoms with Gasteiger partial charge in [0.15, 0.2) is 5.65 Å². The molecule has 0 radical (unpaired) electrons. The fraction of sp³-hybridized carbons (Fsp3) is 0.154. The Bertz CT molecular complexity index is 815. The molecule has 20 heavy (non-hydrogen) atoms. The van der Waals surface area contributed by atoms with Gasteiger partial charge < -0.3 is 0 Å². The van der Waals surface area contributed by atoms with Crippen LogP contribution in [0.1, 0.15) is 16.3 Å². The fourth-order valence-corrected chi connectivity index (χ4v) is 5.39. The van der Waals surface area contributed by atoms with E-state index in [-0.39, 0.29) is 0 Å². The predicted molar refractivity (Wildman–Crippen MR) is 83.8 cm³/mol. The number of benzene rings is 1. The van der Waals surface area contributed by atoms with Crippen molar-refractivity contribution in [2.75, 3.05) is 0 Å². The Labute approximate surface area is 126 Å². The van der Waals surface area contributed by atoms with Gasteiger partial charge >= 0.3 is 0 Å². The molecule has 0 amide bonds. The van der Waals surface area contributed by atoms with Gasteiger partial charge in [-0.1, -0.05) is 40.7 Å². The zero-order chi connectivity index (χ0) is 13.9. The fourth-order valence-electron chi connectivity index (χ4n) is 1.87. The number of nitriles is 1. The number of rotatable bonds is 2. The minimum atomic E-state index is 0.468. The second-order valence-corrected chi connectivity index (χ2v) is 8.04. The molecule has 2 heterocycles. The number of nitrogens with zero attached hydrogens (tertiary/aromatic N) is 4. The molecule has 1 aromatic carbocycles.